The maximum Gasteiger partial charge on any atom is 0.0448 e. The second-order valence-electron chi connectivity index (χ2n) is 4.53. The molecule has 0 heterocycles. The van der Waals surface area contributed by atoms with Crippen molar-refractivity contribution in [3.05, 3.63) is 23.3 Å². The van der Waals surface area contributed by atoms with Crippen molar-refractivity contribution in [3.8, 4) is 0 Å². The summed E-state index contributed by atoms with van der Waals surface area (Å²) in [5.74, 6) is -1.27. The van der Waals surface area contributed by atoms with Gasteiger partial charge in [-0.2, -0.15) is 0 Å². The normalized spacial score (nSPS) is 13.4. The molecule has 0 aromatic heterocycles. The minimum absolute atomic E-state index is 0.335. The number of carbonyl (C=O) groups excluding carboxylic acids is 1. The maximum atomic E-state index is 10.7. The van der Waals surface area contributed by atoms with Gasteiger partial charge in [0.25, 0.3) is 0 Å². The van der Waals surface area contributed by atoms with Crippen LogP contribution in [0.25, 0.3) is 0 Å². The molecule has 1 unspecified atom stereocenters. The summed E-state index contributed by atoms with van der Waals surface area (Å²) >= 11 is 0. The van der Waals surface area contributed by atoms with Gasteiger partial charge >= 0.3 is 0 Å². The van der Waals surface area contributed by atoms with E-state index in [2.05, 4.69) is 26.8 Å². The number of aliphatic carboxylic acids is 1. The van der Waals surface area contributed by atoms with Gasteiger partial charge in [0.1, 0.15) is 0 Å². The first-order valence-electron chi connectivity index (χ1n) is 5.97. The Balaban J connectivity index is 4.03. The quantitative estimate of drug-likeness (QED) is 0.623. The van der Waals surface area contributed by atoms with Crippen molar-refractivity contribution in [1.29, 1.82) is 0 Å². The van der Waals surface area contributed by atoms with Crippen LogP contribution in [0.1, 0.15) is 53.4 Å². The summed E-state index contributed by atoms with van der Waals surface area (Å²) < 4.78 is 0. The van der Waals surface area contributed by atoms with Crippen LogP contribution in [0.5, 0.6) is 0 Å². The minimum atomic E-state index is -0.934. The Morgan fingerprint density at radius 3 is 2.31 bits per heavy atom. The van der Waals surface area contributed by atoms with E-state index in [4.69, 9.17) is 0 Å². The van der Waals surface area contributed by atoms with Crippen molar-refractivity contribution in [2.24, 2.45) is 5.92 Å². The lowest BCUT2D eigenvalue weighted by Gasteiger charge is -2.13. The second-order valence-corrected chi connectivity index (χ2v) is 4.53. The molecule has 0 aliphatic carbocycles. The van der Waals surface area contributed by atoms with Crippen molar-refractivity contribution in [2.75, 3.05) is 0 Å². The number of hydrogen-bond acceptors (Lipinski definition) is 2. The molecule has 2 heteroatoms. The molecule has 0 N–H and O–H groups in total. The molecule has 0 aromatic rings. The molecule has 0 amide bonds. The zero-order valence-corrected chi connectivity index (χ0v) is 10.9. The van der Waals surface area contributed by atoms with Crippen LogP contribution >= 0.6 is 0 Å². The van der Waals surface area contributed by atoms with Crippen molar-refractivity contribution in [1.82, 2.24) is 0 Å². The molecule has 92 valence electrons. The Kier molecular flexibility index (Phi) is 7.61. The van der Waals surface area contributed by atoms with E-state index in [0.29, 0.717) is 12.8 Å². The number of carboxylic acid groups (broad SMARTS) is 1. The van der Waals surface area contributed by atoms with E-state index in [1.54, 1.807) is 0 Å². The summed E-state index contributed by atoms with van der Waals surface area (Å²) in [6.07, 6.45) is 7.51. The Hall–Kier alpha value is -1.05. The van der Waals surface area contributed by atoms with E-state index in [-0.39, 0.29) is 5.92 Å². The average Bonchev–Trinajstić information content (AvgIpc) is 2.17. The van der Waals surface area contributed by atoms with Gasteiger partial charge in [0.15, 0.2) is 0 Å². The van der Waals surface area contributed by atoms with E-state index in [1.807, 2.05) is 13.0 Å². The van der Waals surface area contributed by atoms with Crippen LogP contribution in [0.2, 0.25) is 0 Å². The van der Waals surface area contributed by atoms with Crippen molar-refractivity contribution < 1.29 is 9.90 Å². The zero-order valence-electron chi connectivity index (χ0n) is 10.9. The molecule has 0 saturated heterocycles. The predicted molar refractivity (Wildman–Crippen MR) is 65.8 cm³/mol. The minimum Gasteiger partial charge on any atom is -0.550 e. The molecule has 2 nitrogen and oxygen atoms in total. The van der Waals surface area contributed by atoms with E-state index >= 15 is 0 Å². The molecule has 0 aliphatic rings. The van der Waals surface area contributed by atoms with Crippen LogP contribution in [-0.4, -0.2) is 5.97 Å². The Labute approximate surface area is 99.1 Å². The molecule has 0 bridgehead atoms. The molecule has 0 fully saturated rings. The number of allylic oxidation sites excluding steroid dienone is 4. The average molecular weight is 223 g/mol. The fourth-order valence-electron chi connectivity index (χ4n) is 1.46. The van der Waals surface area contributed by atoms with Gasteiger partial charge in [0, 0.05) is 11.9 Å². The number of rotatable bonds is 7. The molecule has 0 radical (unpaired) electrons. The Bertz CT molecular complexity index is 270. The smallest absolute Gasteiger partial charge is 0.0448 e. The summed E-state index contributed by atoms with van der Waals surface area (Å²) in [6, 6.07) is 0. The van der Waals surface area contributed by atoms with Crippen LogP contribution in [0.4, 0.5) is 0 Å². The van der Waals surface area contributed by atoms with Gasteiger partial charge in [0.2, 0.25) is 0 Å². The Morgan fingerprint density at radius 1 is 1.25 bits per heavy atom. The number of carbonyl (C=O) groups is 1. The van der Waals surface area contributed by atoms with Crippen LogP contribution in [0.3, 0.4) is 0 Å². The SMILES string of the molecule is CCC(C/C=C(/C)CCC=C(C)C)C(=O)[O-]. The standard InChI is InChI=1S/C14H24O2/c1-5-13(14(15)16)10-9-12(4)8-6-7-11(2)3/h7,9,13H,5-6,8,10H2,1-4H3,(H,15,16)/p-1/b12-9-. The summed E-state index contributed by atoms with van der Waals surface area (Å²) in [5, 5.41) is 10.7. The third-order valence-electron chi connectivity index (χ3n) is 2.67. The first kappa shape index (κ1) is 14.9. The lowest BCUT2D eigenvalue weighted by atomic mass is 10.00. The van der Waals surface area contributed by atoms with Crippen molar-refractivity contribution in [2.45, 2.75) is 53.4 Å². The van der Waals surface area contributed by atoms with Crippen LogP contribution in [0, 0.1) is 5.92 Å². The summed E-state index contributed by atoms with van der Waals surface area (Å²) in [6.45, 7) is 8.11. The van der Waals surface area contributed by atoms with Gasteiger partial charge in [0.05, 0.1) is 0 Å². The van der Waals surface area contributed by atoms with Gasteiger partial charge < -0.3 is 9.90 Å². The fourth-order valence-corrected chi connectivity index (χ4v) is 1.46. The van der Waals surface area contributed by atoms with Gasteiger partial charge in [-0.1, -0.05) is 30.2 Å². The van der Waals surface area contributed by atoms with E-state index in [0.717, 1.165) is 12.8 Å². The van der Waals surface area contributed by atoms with E-state index in [1.165, 1.54) is 11.1 Å². The molecule has 16 heavy (non-hydrogen) atoms. The highest BCUT2D eigenvalue weighted by atomic mass is 16.4. The van der Waals surface area contributed by atoms with Gasteiger partial charge in [-0.3, -0.25) is 0 Å². The fraction of sp³-hybridized carbons (Fsp3) is 0.643. The van der Waals surface area contributed by atoms with Crippen molar-refractivity contribution in [3.63, 3.8) is 0 Å². The third kappa shape index (κ3) is 7.27. The van der Waals surface area contributed by atoms with Crippen molar-refractivity contribution >= 4 is 5.97 Å². The zero-order chi connectivity index (χ0) is 12.6. The lowest BCUT2D eigenvalue weighted by molar-refractivity contribution is -0.311. The summed E-state index contributed by atoms with van der Waals surface area (Å²) in [7, 11) is 0. The third-order valence-corrected chi connectivity index (χ3v) is 2.67. The molecule has 0 rings (SSSR count). The Morgan fingerprint density at radius 2 is 1.88 bits per heavy atom. The molecular weight excluding hydrogens is 200 g/mol. The molecule has 0 saturated carbocycles. The first-order chi connectivity index (χ1) is 7.47. The molecule has 1 atom stereocenters. The second kappa shape index (κ2) is 8.14. The summed E-state index contributed by atoms with van der Waals surface area (Å²) in [4.78, 5) is 10.7. The number of hydrogen-bond donors (Lipinski definition) is 0. The van der Waals surface area contributed by atoms with E-state index in [9.17, 15) is 9.90 Å². The lowest BCUT2D eigenvalue weighted by Crippen LogP contribution is -2.30. The molecule has 0 spiro atoms. The van der Waals surface area contributed by atoms with E-state index < -0.39 is 5.97 Å². The van der Waals surface area contributed by atoms with Gasteiger partial charge in [-0.05, 0) is 46.5 Å². The summed E-state index contributed by atoms with van der Waals surface area (Å²) in [5.41, 5.74) is 2.59. The highest BCUT2D eigenvalue weighted by Gasteiger charge is 2.04. The number of carboxylic acids is 1. The highest BCUT2D eigenvalue weighted by molar-refractivity contribution is 5.67. The molecule has 0 aliphatic heterocycles. The molecular formula is C14H23O2-. The topological polar surface area (TPSA) is 40.1 Å². The predicted octanol–water partition coefficient (Wildman–Crippen LogP) is 2.85. The first-order valence-corrected chi connectivity index (χ1v) is 5.97. The molecule has 0 aromatic carbocycles. The van der Waals surface area contributed by atoms with Crippen LogP contribution in [0.15, 0.2) is 23.3 Å². The van der Waals surface area contributed by atoms with Gasteiger partial charge in [-0.15, -0.1) is 0 Å². The monoisotopic (exact) mass is 223 g/mol. The van der Waals surface area contributed by atoms with Crippen LogP contribution in [-0.2, 0) is 4.79 Å². The maximum absolute atomic E-state index is 10.7. The highest BCUT2D eigenvalue weighted by Crippen LogP contribution is 2.13. The van der Waals surface area contributed by atoms with Gasteiger partial charge in [-0.25, -0.2) is 0 Å². The van der Waals surface area contributed by atoms with Crippen LogP contribution < -0.4 is 5.11 Å². The largest absolute Gasteiger partial charge is 0.550 e.